The maximum Gasteiger partial charge on any atom is 0.306 e. The van der Waals surface area contributed by atoms with Gasteiger partial charge in [0.2, 0.25) is 0 Å². The van der Waals surface area contributed by atoms with E-state index in [9.17, 15) is 4.79 Å². The molecule has 118 valence electrons. The lowest BCUT2D eigenvalue weighted by molar-refractivity contribution is -0.154. The maximum absolute atomic E-state index is 10.8. The van der Waals surface area contributed by atoms with Crippen LogP contribution in [0.15, 0.2) is 18.3 Å². The van der Waals surface area contributed by atoms with Gasteiger partial charge in [-0.1, -0.05) is 13.8 Å². The molecule has 2 rings (SSSR count). The Labute approximate surface area is 127 Å². The molecule has 0 N–H and O–H groups in total. The van der Waals surface area contributed by atoms with E-state index in [0.717, 1.165) is 31.2 Å². The molecule has 0 unspecified atom stereocenters. The lowest BCUT2D eigenvalue weighted by Crippen LogP contribution is -2.45. The Bertz CT molecular complexity index is 423. The van der Waals surface area contributed by atoms with E-state index in [1.807, 2.05) is 39.8 Å². The second-order valence-corrected chi connectivity index (χ2v) is 6.43. The summed E-state index contributed by atoms with van der Waals surface area (Å²) in [5.41, 5.74) is -0.327. The number of carbonyl (C=O) groups excluding carboxylic acids is 1. The molecule has 0 amide bonds. The van der Waals surface area contributed by atoms with Crippen LogP contribution in [0.3, 0.4) is 0 Å². The van der Waals surface area contributed by atoms with E-state index < -0.39 is 0 Å². The third kappa shape index (κ3) is 7.06. The number of hydrogen-bond acceptors (Lipinski definition) is 5. The molecule has 0 spiro atoms. The average Bonchev–Trinajstić information content (AvgIpc) is 2.35. The summed E-state index contributed by atoms with van der Waals surface area (Å²) in [5, 5.41) is 7.83. The predicted octanol–water partition coefficient (Wildman–Crippen LogP) is 3.06. The highest BCUT2D eigenvalue weighted by Gasteiger charge is 2.23. The summed E-state index contributed by atoms with van der Waals surface area (Å²) in [4.78, 5) is 13.1. The largest absolute Gasteiger partial charge is 0.460 e. The molecule has 0 aromatic carbocycles. The normalized spacial score (nSPS) is 14.8. The average molecular weight is 293 g/mol. The summed E-state index contributed by atoms with van der Waals surface area (Å²) in [5.74, 6) is 1.72. The van der Waals surface area contributed by atoms with Crippen molar-refractivity contribution in [2.75, 3.05) is 18.0 Å². The summed E-state index contributed by atoms with van der Waals surface area (Å²) in [6.45, 7) is 12.1. The molecular weight excluding hydrogens is 266 g/mol. The number of anilines is 1. The van der Waals surface area contributed by atoms with Gasteiger partial charge in [0.05, 0.1) is 0 Å². The van der Waals surface area contributed by atoms with Crippen LogP contribution >= 0.6 is 0 Å². The Morgan fingerprint density at radius 2 is 2.10 bits per heavy atom. The van der Waals surface area contributed by atoms with Gasteiger partial charge in [0.25, 0.3) is 0 Å². The molecule has 1 aromatic heterocycles. The maximum atomic E-state index is 10.8. The van der Waals surface area contributed by atoms with Crippen LogP contribution in [0, 0.1) is 5.92 Å². The fraction of sp³-hybridized carbons (Fsp3) is 0.688. The molecular formula is C16H27N3O2. The second kappa shape index (κ2) is 7.96. The molecule has 0 radical (unpaired) electrons. The van der Waals surface area contributed by atoms with Crippen molar-refractivity contribution >= 4 is 11.8 Å². The van der Waals surface area contributed by atoms with Gasteiger partial charge in [-0.2, -0.15) is 5.10 Å². The zero-order valence-corrected chi connectivity index (χ0v) is 13.8. The molecule has 1 saturated heterocycles. The van der Waals surface area contributed by atoms with Gasteiger partial charge in [0, 0.05) is 25.7 Å². The van der Waals surface area contributed by atoms with Gasteiger partial charge in [-0.15, -0.1) is 5.10 Å². The Morgan fingerprint density at radius 1 is 1.43 bits per heavy atom. The first-order chi connectivity index (χ1) is 9.81. The zero-order valence-electron chi connectivity index (χ0n) is 13.8. The summed E-state index contributed by atoms with van der Waals surface area (Å²) < 4.78 is 5.04. The standard InChI is InChI=1S/C8H11N3.C8H16O2/c1-7-5-11(6-7)8-3-2-4-9-10-8;1-5-6-7(9)10-8(2,3)4/h2-4,7H,5-6H2,1H3;5-6H2,1-4H3. The Balaban J connectivity index is 0.000000212. The molecule has 0 aliphatic carbocycles. The van der Waals surface area contributed by atoms with Crippen molar-refractivity contribution in [1.29, 1.82) is 0 Å². The van der Waals surface area contributed by atoms with E-state index in [1.165, 1.54) is 0 Å². The van der Waals surface area contributed by atoms with Gasteiger partial charge in [-0.3, -0.25) is 4.79 Å². The molecule has 1 aromatic rings. The molecule has 1 aliphatic rings. The third-order valence-corrected chi connectivity index (χ3v) is 2.82. The summed E-state index contributed by atoms with van der Waals surface area (Å²) in [6.07, 6.45) is 3.08. The fourth-order valence-corrected chi connectivity index (χ4v) is 1.94. The van der Waals surface area contributed by atoms with Gasteiger partial charge < -0.3 is 9.64 Å². The molecule has 0 atom stereocenters. The van der Waals surface area contributed by atoms with E-state index in [1.54, 1.807) is 6.20 Å². The molecule has 5 heteroatoms. The van der Waals surface area contributed by atoms with E-state index in [0.29, 0.717) is 6.42 Å². The molecule has 0 bridgehead atoms. The monoisotopic (exact) mass is 293 g/mol. The van der Waals surface area contributed by atoms with E-state index in [-0.39, 0.29) is 11.6 Å². The molecule has 1 aliphatic heterocycles. The van der Waals surface area contributed by atoms with Crippen molar-refractivity contribution < 1.29 is 9.53 Å². The number of esters is 1. The number of carbonyl (C=O) groups is 1. The quantitative estimate of drug-likeness (QED) is 0.802. The van der Waals surface area contributed by atoms with Crippen LogP contribution < -0.4 is 4.90 Å². The highest BCUT2D eigenvalue weighted by atomic mass is 16.6. The number of hydrogen-bond donors (Lipinski definition) is 0. The molecule has 5 nitrogen and oxygen atoms in total. The molecule has 21 heavy (non-hydrogen) atoms. The van der Waals surface area contributed by atoms with Crippen molar-refractivity contribution in [2.45, 2.75) is 53.1 Å². The minimum Gasteiger partial charge on any atom is -0.460 e. The second-order valence-electron chi connectivity index (χ2n) is 6.43. The smallest absolute Gasteiger partial charge is 0.306 e. The Kier molecular flexibility index (Phi) is 6.59. The fourth-order valence-electron chi connectivity index (χ4n) is 1.94. The third-order valence-electron chi connectivity index (χ3n) is 2.82. The van der Waals surface area contributed by atoms with Gasteiger partial charge in [0.15, 0.2) is 5.82 Å². The number of aromatic nitrogens is 2. The number of ether oxygens (including phenoxy) is 1. The van der Waals surface area contributed by atoms with Crippen molar-refractivity contribution in [3.63, 3.8) is 0 Å². The van der Waals surface area contributed by atoms with Crippen molar-refractivity contribution in [3.8, 4) is 0 Å². The minimum atomic E-state index is -0.327. The predicted molar refractivity (Wildman–Crippen MR) is 84.2 cm³/mol. The highest BCUT2D eigenvalue weighted by Crippen LogP contribution is 2.20. The Hall–Kier alpha value is -1.65. The van der Waals surface area contributed by atoms with Crippen LogP contribution in [0.5, 0.6) is 0 Å². The van der Waals surface area contributed by atoms with E-state index in [4.69, 9.17) is 4.74 Å². The van der Waals surface area contributed by atoms with Crippen molar-refractivity contribution in [3.05, 3.63) is 18.3 Å². The molecule has 0 saturated carbocycles. The van der Waals surface area contributed by atoms with Crippen LogP contribution in [0.1, 0.15) is 47.5 Å². The van der Waals surface area contributed by atoms with Crippen molar-refractivity contribution in [2.24, 2.45) is 5.92 Å². The van der Waals surface area contributed by atoms with Gasteiger partial charge in [-0.05, 0) is 45.2 Å². The topological polar surface area (TPSA) is 55.3 Å². The van der Waals surface area contributed by atoms with Crippen LogP contribution in [0.2, 0.25) is 0 Å². The SMILES string of the molecule is CC1CN(c2cccnn2)C1.CCCC(=O)OC(C)(C)C. The Morgan fingerprint density at radius 3 is 2.52 bits per heavy atom. The van der Waals surface area contributed by atoms with E-state index in [2.05, 4.69) is 22.0 Å². The first-order valence-electron chi connectivity index (χ1n) is 7.56. The van der Waals surface area contributed by atoms with Crippen LogP contribution in [0.4, 0.5) is 5.82 Å². The number of nitrogens with zero attached hydrogens (tertiary/aromatic N) is 3. The number of rotatable bonds is 3. The molecule has 1 fully saturated rings. The summed E-state index contributed by atoms with van der Waals surface area (Å²) in [6, 6.07) is 3.92. The van der Waals surface area contributed by atoms with Crippen molar-refractivity contribution in [1.82, 2.24) is 10.2 Å². The van der Waals surface area contributed by atoms with Gasteiger partial charge >= 0.3 is 5.97 Å². The summed E-state index contributed by atoms with van der Waals surface area (Å²) in [7, 11) is 0. The summed E-state index contributed by atoms with van der Waals surface area (Å²) >= 11 is 0. The lowest BCUT2D eigenvalue weighted by Gasteiger charge is -2.37. The van der Waals surface area contributed by atoms with Crippen LogP contribution in [-0.4, -0.2) is 34.9 Å². The van der Waals surface area contributed by atoms with Crippen LogP contribution in [0.25, 0.3) is 0 Å². The van der Waals surface area contributed by atoms with Gasteiger partial charge in [0.1, 0.15) is 5.60 Å². The zero-order chi connectivity index (χ0) is 15.9. The van der Waals surface area contributed by atoms with Gasteiger partial charge in [-0.25, -0.2) is 0 Å². The lowest BCUT2D eigenvalue weighted by atomic mass is 10.0. The highest BCUT2D eigenvalue weighted by molar-refractivity contribution is 5.69. The van der Waals surface area contributed by atoms with E-state index >= 15 is 0 Å². The molecule has 2 heterocycles. The minimum absolute atomic E-state index is 0.102. The first-order valence-corrected chi connectivity index (χ1v) is 7.56. The first kappa shape index (κ1) is 17.4. The van der Waals surface area contributed by atoms with Crippen LogP contribution in [-0.2, 0) is 9.53 Å².